The van der Waals surface area contributed by atoms with Gasteiger partial charge < -0.3 is 4.98 Å². The highest BCUT2D eigenvalue weighted by Gasteiger charge is 2.21. The predicted molar refractivity (Wildman–Crippen MR) is 77.8 cm³/mol. The van der Waals surface area contributed by atoms with Gasteiger partial charge in [0.2, 0.25) is 0 Å². The number of aromatic amines is 1. The summed E-state index contributed by atoms with van der Waals surface area (Å²) >= 11 is 0.570. The van der Waals surface area contributed by atoms with Crippen molar-refractivity contribution < 1.29 is 16.8 Å². The minimum atomic E-state index is -3.92. The Hall–Kier alpha value is -1.72. The number of hydrogen-bond acceptors (Lipinski definition) is 7. The molecule has 0 spiro atoms. The van der Waals surface area contributed by atoms with E-state index in [0.717, 1.165) is 12.5 Å². The van der Waals surface area contributed by atoms with Gasteiger partial charge in [-0.15, -0.1) is 0 Å². The fourth-order valence-electron chi connectivity index (χ4n) is 1.51. The number of pyridine rings is 1. The van der Waals surface area contributed by atoms with Crippen molar-refractivity contribution in [1.29, 1.82) is 0 Å². The smallest absolute Gasteiger partial charge is 0.306 e. The second kappa shape index (κ2) is 5.24. The summed E-state index contributed by atoms with van der Waals surface area (Å²) in [4.78, 5) is 16.7. The van der Waals surface area contributed by atoms with E-state index in [0.29, 0.717) is 11.3 Å². The molecule has 0 atom stereocenters. The third-order valence-electron chi connectivity index (χ3n) is 2.39. The summed E-state index contributed by atoms with van der Waals surface area (Å²) in [5.41, 5.74) is 0.334. The van der Waals surface area contributed by atoms with Gasteiger partial charge in [0.1, 0.15) is 0 Å². The van der Waals surface area contributed by atoms with Gasteiger partial charge in [-0.3, -0.25) is 9.52 Å². The lowest BCUT2D eigenvalue weighted by molar-refractivity contribution is 0.598. The fourth-order valence-corrected chi connectivity index (χ4v) is 4.41. The molecule has 8 nitrogen and oxygen atoms in total. The largest absolute Gasteiger partial charge is 0.315 e. The molecule has 0 amide bonds. The minimum absolute atomic E-state index is 0.0997. The number of H-pyrrole nitrogens is 1. The first-order chi connectivity index (χ1) is 9.59. The van der Waals surface area contributed by atoms with Crippen LogP contribution in [0.2, 0.25) is 0 Å². The number of hydrogen-bond donors (Lipinski definition) is 2. The summed E-state index contributed by atoms with van der Waals surface area (Å²) in [6, 6.07) is 2.48. The van der Waals surface area contributed by atoms with E-state index in [1.54, 1.807) is 0 Å². The molecule has 2 rings (SSSR count). The average Bonchev–Trinajstić information content (AvgIpc) is 2.68. The minimum Gasteiger partial charge on any atom is -0.315 e. The van der Waals surface area contributed by atoms with E-state index in [1.165, 1.54) is 19.1 Å². The normalized spacial score (nSPS) is 12.3. The van der Waals surface area contributed by atoms with E-state index >= 15 is 0 Å². The van der Waals surface area contributed by atoms with E-state index in [-0.39, 0.29) is 20.6 Å². The first-order valence-corrected chi connectivity index (χ1v) is 9.67. The summed E-state index contributed by atoms with van der Waals surface area (Å²) < 4.78 is 48.9. The summed E-state index contributed by atoms with van der Waals surface area (Å²) in [7, 11) is -7.38. The van der Waals surface area contributed by atoms with Gasteiger partial charge in [0, 0.05) is 11.9 Å². The quantitative estimate of drug-likeness (QED) is 0.820. The van der Waals surface area contributed by atoms with Crippen molar-refractivity contribution in [2.45, 2.75) is 16.2 Å². The molecule has 0 aromatic carbocycles. The Balaban J connectivity index is 2.33. The highest BCUT2D eigenvalue weighted by atomic mass is 32.2. The lowest BCUT2D eigenvalue weighted by Crippen LogP contribution is -2.13. The zero-order valence-electron chi connectivity index (χ0n) is 10.9. The Morgan fingerprint density at radius 3 is 2.33 bits per heavy atom. The zero-order chi connectivity index (χ0) is 15.8. The van der Waals surface area contributed by atoms with Gasteiger partial charge in [0.25, 0.3) is 10.0 Å². The van der Waals surface area contributed by atoms with Crippen LogP contribution in [0.3, 0.4) is 0 Å². The van der Waals surface area contributed by atoms with Gasteiger partial charge in [0.15, 0.2) is 19.1 Å². The molecule has 0 bridgehead atoms. The molecule has 0 radical (unpaired) electrons. The molecule has 2 N–H and O–H groups in total. The van der Waals surface area contributed by atoms with E-state index in [1.807, 2.05) is 0 Å². The van der Waals surface area contributed by atoms with Crippen molar-refractivity contribution >= 4 is 36.9 Å². The number of thiazole rings is 1. The molecule has 0 aliphatic carbocycles. The average molecular weight is 349 g/mol. The summed E-state index contributed by atoms with van der Waals surface area (Å²) in [6.45, 7) is 1.47. The number of nitrogens with zero attached hydrogens (tertiary/aromatic N) is 1. The van der Waals surface area contributed by atoms with Crippen molar-refractivity contribution in [3.05, 3.63) is 33.7 Å². The van der Waals surface area contributed by atoms with E-state index < -0.39 is 24.7 Å². The molecule has 114 valence electrons. The molecule has 0 aliphatic rings. The Labute approximate surface area is 124 Å². The number of anilines is 1. The van der Waals surface area contributed by atoms with Crippen LogP contribution in [-0.4, -0.2) is 33.1 Å². The standard InChI is InChI=1S/C10H11N3O5S3/c1-6-9(19-10(14)12-6)21(17,18)13-7-3-4-8(11-5-7)20(2,15)16/h3-5,13H,1-2H3,(H,12,14). The van der Waals surface area contributed by atoms with Crippen LogP contribution in [0.4, 0.5) is 5.69 Å². The maximum absolute atomic E-state index is 12.1. The third-order valence-corrected chi connectivity index (χ3v) is 6.38. The maximum Gasteiger partial charge on any atom is 0.306 e. The second-order valence-corrected chi connectivity index (χ2v) is 9.01. The monoisotopic (exact) mass is 349 g/mol. The Kier molecular flexibility index (Phi) is 3.91. The molecule has 2 aromatic heterocycles. The molecule has 2 heterocycles. The molecule has 2 aromatic rings. The highest BCUT2D eigenvalue weighted by molar-refractivity contribution is 7.94. The van der Waals surface area contributed by atoms with Gasteiger partial charge in [0.05, 0.1) is 11.9 Å². The second-order valence-electron chi connectivity index (χ2n) is 4.19. The zero-order valence-corrected chi connectivity index (χ0v) is 13.4. The predicted octanol–water partition coefficient (Wildman–Crippen LogP) is 0.344. The van der Waals surface area contributed by atoms with Crippen molar-refractivity contribution in [3.8, 4) is 0 Å². The fraction of sp³-hybridized carbons (Fsp3) is 0.200. The molecule has 0 saturated heterocycles. The number of rotatable bonds is 4. The molecule has 21 heavy (non-hydrogen) atoms. The Morgan fingerprint density at radius 2 is 1.90 bits per heavy atom. The SMILES string of the molecule is Cc1[nH]c(=O)sc1S(=O)(=O)Nc1ccc(S(C)(=O)=O)nc1. The van der Waals surface area contributed by atoms with Crippen LogP contribution in [-0.2, 0) is 19.9 Å². The van der Waals surface area contributed by atoms with Gasteiger partial charge >= 0.3 is 4.87 Å². The van der Waals surface area contributed by atoms with Crippen molar-refractivity contribution in [2.75, 3.05) is 11.0 Å². The van der Waals surface area contributed by atoms with Crippen molar-refractivity contribution in [3.63, 3.8) is 0 Å². The van der Waals surface area contributed by atoms with Crippen LogP contribution < -0.4 is 9.60 Å². The number of sulfone groups is 1. The van der Waals surface area contributed by atoms with Crippen LogP contribution >= 0.6 is 11.3 Å². The Bertz CT molecular complexity index is 923. The number of aryl methyl sites for hydroxylation is 1. The number of nitrogens with one attached hydrogen (secondary N) is 2. The molecule has 0 unspecified atom stereocenters. The van der Waals surface area contributed by atoms with E-state index in [2.05, 4.69) is 14.7 Å². The molecule has 11 heteroatoms. The summed E-state index contributed by atoms with van der Waals surface area (Å²) in [5.74, 6) is 0. The van der Waals surface area contributed by atoms with E-state index in [4.69, 9.17) is 0 Å². The van der Waals surface area contributed by atoms with Gasteiger partial charge in [-0.2, -0.15) is 0 Å². The molecular weight excluding hydrogens is 338 g/mol. The van der Waals surface area contributed by atoms with E-state index in [9.17, 15) is 21.6 Å². The molecule has 0 aliphatic heterocycles. The van der Waals surface area contributed by atoms with Gasteiger partial charge in [-0.05, 0) is 19.1 Å². The van der Waals surface area contributed by atoms with Crippen molar-refractivity contribution in [1.82, 2.24) is 9.97 Å². The topological polar surface area (TPSA) is 126 Å². The van der Waals surface area contributed by atoms with Gasteiger partial charge in [-0.25, -0.2) is 21.8 Å². The van der Waals surface area contributed by atoms with Crippen LogP contribution in [0.5, 0.6) is 0 Å². The van der Waals surface area contributed by atoms with Gasteiger partial charge in [-0.1, -0.05) is 11.3 Å². The van der Waals surface area contributed by atoms with Crippen LogP contribution in [0.15, 0.2) is 32.4 Å². The van der Waals surface area contributed by atoms with Crippen molar-refractivity contribution in [2.24, 2.45) is 0 Å². The number of aromatic nitrogens is 2. The number of sulfonamides is 1. The summed E-state index contributed by atoms with van der Waals surface area (Å²) in [5, 5.41) is -0.159. The molecule has 0 saturated carbocycles. The third kappa shape index (κ3) is 3.49. The van der Waals surface area contributed by atoms with Crippen LogP contribution in [0.1, 0.15) is 5.69 Å². The molecule has 0 fully saturated rings. The maximum atomic E-state index is 12.1. The Morgan fingerprint density at radius 1 is 1.24 bits per heavy atom. The first kappa shape index (κ1) is 15.7. The highest BCUT2D eigenvalue weighted by Crippen LogP contribution is 2.20. The lowest BCUT2D eigenvalue weighted by Gasteiger charge is -2.06. The summed E-state index contributed by atoms with van der Waals surface area (Å²) in [6.07, 6.45) is 2.10. The van der Waals surface area contributed by atoms with Crippen LogP contribution in [0, 0.1) is 6.92 Å². The lowest BCUT2D eigenvalue weighted by atomic mass is 10.4. The molecular formula is C10H11N3O5S3. The van der Waals surface area contributed by atoms with Crippen LogP contribution in [0.25, 0.3) is 0 Å². The first-order valence-electron chi connectivity index (χ1n) is 5.48.